The molecule has 1 aromatic carbocycles. The molecule has 0 aromatic heterocycles. The summed E-state index contributed by atoms with van der Waals surface area (Å²) in [7, 11) is 3.27. The Morgan fingerprint density at radius 2 is 1.73 bits per heavy atom. The molecule has 0 heterocycles. The van der Waals surface area contributed by atoms with Crippen molar-refractivity contribution in [2.24, 2.45) is 5.14 Å². The Morgan fingerprint density at radius 1 is 1.27 bits per heavy atom. The highest BCUT2D eigenvalue weighted by Gasteiger charge is 2.00. The first-order valence-electron chi connectivity index (χ1n) is 4.03. The Hall–Kier alpha value is -1.11. The molecule has 5 nitrogen and oxygen atoms in total. The number of hydrogen-bond acceptors (Lipinski definition) is 4. The van der Waals surface area contributed by atoms with Crippen molar-refractivity contribution in [3.05, 3.63) is 23.8 Å². The van der Waals surface area contributed by atoms with Crippen molar-refractivity contribution < 1.29 is 18.2 Å². The molecule has 0 fully saturated rings. The largest absolute Gasteiger partial charge is 0.760 e. The third-order valence-corrected chi connectivity index (χ3v) is 1.54. The molecule has 15 heavy (non-hydrogen) atoms. The van der Waals surface area contributed by atoms with Gasteiger partial charge in [-0.2, -0.15) is 0 Å². The van der Waals surface area contributed by atoms with Crippen LogP contribution >= 0.6 is 0 Å². The maximum absolute atomic E-state index is 8.78. The summed E-state index contributed by atoms with van der Waals surface area (Å²) in [4.78, 5) is 0. The van der Waals surface area contributed by atoms with Gasteiger partial charge in [-0.15, -0.1) is 0 Å². The lowest BCUT2D eigenvalue weighted by Gasteiger charge is -2.06. The Labute approximate surface area is 91.6 Å². The van der Waals surface area contributed by atoms with E-state index in [1.807, 2.05) is 25.1 Å². The van der Waals surface area contributed by atoms with E-state index in [2.05, 4.69) is 5.14 Å². The molecule has 0 aliphatic rings. The fourth-order valence-electron chi connectivity index (χ4n) is 0.943. The second-order valence-electron chi connectivity index (χ2n) is 2.62. The van der Waals surface area contributed by atoms with Crippen molar-refractivity contribution in [2.45, 2.75) is 6.92 Å². The van der Waals surface area contributed by atoms with Gasteiger partial charge in [0.05, 0.1) is 14.2 Å². The lowest BCUT2D eigenvalue weighted by molar-refractivity contribution is 0.354. The molecule has 0 aliphatic heterocycles. The Morgan fingerprint density at radius 3 is 2.13 bits per heavy atom. The van der Waals surface area contributed by atoms with Crippen LogP contribution in [0, 0.1) is 6.92 Å². The van der Waals surface area contributed by atoms with Gasteiger partial charge in [-0.3, -0.25) is 9.35 Å². The minimum absolute atomic E-state index is 0.776. The summed E-state index contributed by atoms with van der Waals surface area (Å²) in [6, 6.07) is 5.83. The predicted octanol–water partition coefficient (Wildman–Crippen LogP) is 0.751. The number of benzene rings is 1. The summed E-state index contributed by atoms with van der Waals surface area (Å²) in [5, 5.41) is 4.03. The molecule has 1 unspecified atom stereocenters. The van der Waals surface area contributed by atoms with Crippen LogP contribution < -0.4 is 14.6 Å². The van der Waals surface area contributed by atoms with Crippen LogP contribution in [0.2, 0.25) is 0 Å². The number of hydrogen-bond donors (Lipinski definition) is 1. The molecule has 0 spiro atoms. The molecule has 6 heteroatoms. The van der Waals surface area contributed by atoms with Gasteiger partial charge in [0.1, 0.15) is 0 Å². The number of nitrogens with two attached hydrogens (primary N) is 1. The fraction of sp³-hybridized carbons (Fsp3) is 0.333. The lowest BCUT2D eigenvalue weighted by Crippen LogP contribution is -1.97. The smallest absolute Gasteiger partial charge is 0.160 e. The quantitative estimate of drug-likeness (QED) is 0.762. The van der Waals surface area contributed by atoms with Crippen LogP contribution in [-0.2, 0) is 11.3 Å². The molecule has 1 rings (SSSR count). The van der Waals surface area contributed by atoms with Crippen LogP contribution in [0.15, 0.2) is 18.2 Å². The van der Waals surface area contributed by atoms with Crippen molar-refractivity contribution >= 4 is 11.3 Å². The van der Waals surface area contributed by atoms with Gasteiger partial charge in [0, 0.05) is 11.3 Å². The van der Waals surface area contributed by atoms with E-state index in [1.165, 1.54) is 5.56 Å². The topological polar surface area (TPSA) is 84.6 Å². The van der Waals surface area contributed by atoms with Gasteiger partial charge < -0.3 is 14.0 Å². The minimum atomic E-state index is -2.36. The molecule has 0 aliphatic carbocycles. The normalized spacial score (nSPS) is 11.0. The van der Waals surface area contributed by atoms with Gasteiger partial charge in [0.2, 0.25) is 0 Å². The third-order valence-electron chi connectivity index (χ3n) is 1.54. The lowest BCUT2D eigenvalue weighted by atomic mass is 10.2. The van der Waals surface area contributed by atoms with Crippen LogP contribution in [-0.4, -0.2) is 23.0 Å². The van der Waals surface area contributed by atoms with E-state index in [9.17, 15) is 0 Å². The summed E-state index contributed by atoms with van der Waals surface area (Å²) in [6.07, 6.45) is 0. The summed E-state index contributed by atoms with van der Waals surface area (Å²) in [5.74, 6) is 1.56. The number of rotatable bonds is 2. The summed E-state index contributed by atoms with van der Waals surface area (Å²) in [5.41, 5.74) is 1.17. The molecule has 0 saturated heterocycles. The van der Waals surface area contributed by atoms with E-state index in [0.717, 1.165) is 11.5 Å². The number of methoxy groups -OCH3 is 2. The minimum Gasteiger partial charge on any atom is -0.760 e. The summed E-state index contributed by atoms with van der Waals surface area (Å²) in [6.45, 7) is 2.02. The average molecular weight is 232 g/mol. The number of ether oxygens (including phenoxy) is 2. The standard InChI is InChI=1S/C9H12O2.H3NO2S/c1-7-4-5-8(10-2)9(6-7)11-3;1-4(2)3/h4-6H,1-3H3;1H2,(H,2,3)/p-1. The van der Waals surface area contributed by atoms with Gasteiger partial charge in [0.25, 0.3) is 0 Å². The monoisotopic (exact) mass is 232 g/mol. The third kappa shape index (κ3) is 6.05. The van der Waals surface area contributed by atoms with Crippen molar-refractivity contribution in [1.29, 1.82) is 0 Å². The maximum Gasteiger partial charge on any atom is 0.160 e. The van der Waals surface area contributed by atoms with E-state index in [1.54, 1.807) is 14.2 Å². The SMILES string of the molecule is COc1ccc(C)cc1OC.NS(=O)[O-]. The Bertz CT molecular complexity index is 326. The van der Waals surface area contributed by atoms with E-state index in [0.29, 0.717) is 0 Å². The molecule has 2 N–H and O–H groups in total. The molecule has 1 atom stereocenters. The molecule has 1 aromatic rings. The Balaban J connectivity index is 0.000000423. The fourth-order valence-corrected chi connectivity index (χ4v) is 0.943. The first-order valence-corrected chi connectivity index (χ1v) is 5.17. The van der Waals surface area contributed by atoms with Crippen LogP contribution in [0.3, 0.4) is 0 Å². The maximum atomic E-state index is 8.78. The molecule has 0 bridgehead atoms. The van der Waals surface area contributed by atoms with Gasteiger partial charge >= 0.3 is 0 Å². The van der Waals surface area contributed by atoms with Gasteiger partial charge in [-0.1, -0.05) is 6.07 Å². The van der Waals surface area contributed by atoms with E-state index < -0.39 is 11.3 Å². The van der Waals surface area contributed by atoms with Crippen molar-refractivity contribution in [3.8, 4) is 11.5 Å². The first kappa shape index (κ1) is 13.9. The zero-order chi connectivity index (χ0) is 11.8. The van der Waals surface area contributed by atoms with E-state index in [-0.39, 0.29) is 0 Å². The van der Waals surface area contributed by atoms with Gasteiger partial charge in [0.15, 0.2) is 11.5 Å². The molecule has 0 radical (unpaired) electrons. The van der Waals surface area contributed by atoms with Crippen LogP contribution in [0.4, 0.5) is 0 Å². The predicted molar refractivity (Wildman–Crippen MR) is 57.4 cm³/mol. The molecular formula is C9H14NO4S-. The zero-order valence-corrected chi connectivity index (χ0v) is 9.67. The van der Waals surface area contributed by atoms with Crippen LogP contribution in [0.25, 0.3) is 0 Å². The number of aryl methyl sites for hydroxylation is 1. The van der Waals surface area contributed by atoms with Gasteiger partial charge in [-0.25, -0.2) is 0 Å². The van der Waals surface area contributed by atoms with Crippen LogP contribution in [0.5, 0.6) is 11.5 Å². The highest BCUT2D eigenvalue weighted by atomic mass is 32.2. The molecule has 0 amide bonds. The summed E-state index contributed by atoms with van der Waals surface area (Å²) < 4.78 is 27.7. The highest BCUT2D eigenvalue weighted by Crippen LogP contribution is 2.26. The van der Waals surface area contributed by atoms with Crippen molar-refractivity contribution in [3.63, 3.8) is 0 Å². The molecular weight excluding hydrogens is 218 g/mol. The average Bonchev–Trinajstić information content (AvgIpc) is 2.16. The second-order valence-corrected chi connectivity index (χ2v) is 3.14. The highest BCUT2D eigenvalue weighted by molar-refractivity contribution is 7.76. The van der Waals surface area contributed by atoms with Crippen LogP contribution in [0.1, 0.15) is 5.56 Å². The van der Waals surface area contributed by atoms with E-state index >= 15 is 0 Å². The summed E-state index contributed by atoms with van der Waals surface area (Å²) >= 11 is -2.36. The van der Waals surface area contributed by atoms with E-state index in [4.69, 9.17) is 18.2 Å². The zero-order valence-electron chi connectivity index (χ0n) is 8.85. The van der Waals surface area contributed by atoms with Crippen molar-refractivity contribution in [1.82, 2.24) is 0 Å². The first-order chi connectivity index (χ1) is 7.01. The Kier molecular flexibility index (Phi) is 6.68. The van der Waals surface area contributed by atoms with Crippen molar-refractivity contribution in [2.75, 3.05) is 14.2 Å². The molecule has 0 saturated carbocycles. The molecule has 86 valence electrons. The van der Waals surface area contributed by atoms with Gasteiger partial charge in [-0.05, 0) is 24.6 Å². The second kappa shape index (κ2) is 7.22.